The molecule has 0 aliphatic rings. The van der Waals surface area contributed by atoms with Crippen molar-refractivity contribution in [2.75, 3.05) is 0 Å². The van der Waals surface area contributed by atoms with Gasteiger partial charge >= 0.3 is 12.1 Å². The Bertz CT molecular complexity index is 505. The molecule has 0 spiro atoms. The van der Waals surface area contributed by atoms with E-state index in [1.807, 2.05) is 0 Å². The topological polar surface area (TPSA) is 75.6 Å². The Balaban J connectivity index is 3.02. The van der Waals surface area contributed by atoms with Crippen molar-refractivity contribution < 1.29 is 19.4 Å². The number of nitrogens with one attached hydrogen (secondary N) is 1. The first-order valence-electron chi connectivity index (χ1n) is 5.78. The lowest BCUT2D eigenvalue weighted by Gasteiger charge is -2.22. The van der Waals surface area contributed by atoms with Crippen LogP contribution in [0.3, 0.4) is 0 Å². The second-order valence-electron chi connectivity index (χ2n) is 5.05. The van der Waals surface area contributed by atoms with Crippen molar-refractivity contribution in [2.45, 2.75) is 32.4 Å². The molecule has 7 heteroatoms. The van der Waals surface area contributed by atoms with Crippen LogP contribution >= 0.6 is 23.2 Å². The van der Waals surface area contributed by atoms with E-state index in [0.29, 0.717) is 0 Å². The molecule has 0 heterocycles. The standard InChI is InChI=1S/C13H15Cl2NO4/c1-13(2,3)20-12(19)16-10(11(17)18)9-7(14)5-4-6-8(9)15/h4-6,10H,1-3H3,(H,16,19)(H,17,18). The van der Waals surface area contributed by atoms with E-state index in [4.69, 9.17) is 27.9 Å². The minimum atomic E-state index is -1.38. The Kier molecular flexibility index (Phi) is 5.25. The number of hydrogen-bond acceptors (Lipinski definition) is 3. The van der Waals surface area contributed by atoms with Crippen molar-refractivity contribution in [1.82, 2.24) is 5.32 Å². The van der Waals surface area contributed by atoms with Gasteiger partial charge in [-0.3, -0.25) is 0 Å². The fraction of sp³-hybridized carbons (Fsp3) is 0.385. The zero-order valence-electron chi connectivity index (χ0n) is 11.2. The zero-order valence-corrected chi connectivity index (χ0v) is 12.7. The summed E-state index contributed by atoms with van der Waals surface area (Å²) in [4.78, 5) is 23.0. The van der Waals surface area contributed by atoms with Gasteiger partial charge in [-0.2, -0.15) is 0 Å². The summed E-state index contributed by atoms with van der Waals surface area (Å²) in [6.45, 7) is 5.01. The molecule has 2 N–H and O–H groups in total. The van der Waals surface area contributed by atoms with Gasteiger partial charge in [0.05, 0.1) is 0 Å². The highest BCUT2D eigenvalue weighted by Crippen LogP contribution is 2.30. The van der Waals surface area contributed by atoms with Gasteiger partial charge in [-0.05, 0) is 32.9 Å². The highest BCUT2D eigenvalue weighted by Gasteiger charge is 2.28. The van der Waals surface area contributed by atoms with Crippen molar-refractivity contribution in [2.24, 2.45) is 0 Å². The molecule has 1 aromatic rings. The van der Waals surface area contributed by atoms with Crippen molar-refractivity contribution in [1.29, 1.82) is 0 Å². The molecule has 0 saturated heterocycles. The van der Waals surface area contributed by atoms with Crippen LogP contribution in [0.5, 0.6) is 0 Å². The quantitative estimate of drug-likeness (QED) is 0.891. The number of carboxylic acids is 1. The van der Waals surface area contributed by atoms with Gasteiger partial charge in [-0.1, -0.05) is 29.3 Å². The third-order valence-electron chi connectivity index (χ3n) is 2.20. The summed E-state index contributed by atoms with van der Waals surface area (Å²) >= 11 is 11.9. The number of halogens is 2. The number of ether oxygens (including phenoxy) is 1. The summed E-state index contributed by atoms with van der Waals surface area (Å²) in [5.74, 6) is -1.29. The van der Waals surface area contributed by atoms with Crippen molar-refractivity contribution in [3.8, 4) is 0 Å². The molecule has 0 aromatic heterocycles. The summed E-state index contributed by atoms with van der Waals surface area (Å²) in [7, 11) is 0. The summed E-state index contributed by atoms with van der Waals surface area (Å²) in [6, 6.07) is 3.19. The Morgan fingerprint density at radius 2 is 1.75 bits per heavy atom. The summed E-state index contributed by atoms with van der Waals surface area (Å²) < 4.78 is 5.02. The number of benzene rings is 1. The van der Waals surface area contributed by atoms with Gasteiger partial charge in [-0.15, -0.1) is 0 Å². The number of amides is 1. The van der Waals surface area contributed by atoms with E-state index in [1.54, 1.807) is 26.8 Å². The minimum absolute atomic E-state index is 0.120. The van der Waals surface area contributed by atoms with Crippen LogP contribution in [0.2, 0.25) is 10.0 Å². The van der Waals surface area contributed by atoms with Gasteiger partial charge in [0.1, 0.15) is 5.60 Å². The van der Waals surface area contributed by atoms with Crippen LogP contribution in [0.15, 0.2) is 18.2 Å². The van der Waals surface area contributed by atoms with Crippen LogP contribution in [0.25, 0.3) is 0 Å². The predicted molar refractivity (Wildman–Crippen MR) is 76.2 cm³/mol. The minimum Gasteiger partial charge on any atom is -0.479 e. The highest BCUT2D eigenvalue weighted by molar-refractivity contribution is 6.36. The van der Waals surface area contributed by atoms with E-state index in [2.05, 4.69) is 5.32 Å². The lowest BCUT2D eigenvalue weighted by atomic mass is 10.1. The first-order valence-corrected chi connectivity index (χ1v) is 6.53. The molecule has 1 atom stereocenters. The molecule has 1 rings (SSSR count). The molecule has 20 heavy (non-hydrogen) atoms. The van der Waals surface area contributed by atoms with Crippen molar-refractivity contribution in [3.63, 3.8) is 0 Å². The molecule has 0 bridgehead atoms. The maximum Gasteiger partial charge on any atom is 0.408 e. The lowest BCUT2D eigenvalue weighted by molar-refractivity contribution is -0.139. The average molecular weight is 320 g/mol. The van der Waals surface area contributed by atoms with Gasteiger partial charge in [-0.25, -0.2) is 9.59 Å². The second kappa shape index (κ2) is 6.33. The number of carbonyl (C=O) groups is 2. The van der Waals surface area contributed by atoms with Crippen LogP contribution in [0, 0.1) is 0 Å². The van der Waals surface area contributed by atoms with Gasteiger partial charge in [0.15, 0.2) is 6.04 Å². The number of hydrogen-bond donors (Lipinski definition) is 2. The van der Waals surface area contributed by atoms with E-state index in [1.165, 1.54) is 12.1 Å². The number of rotatable bonds is 3. The van der Waals surface area contributed by atoms with Crippen molar-refractivity contribution >= 4 is 35.3 Å². The normalized spacial score (nSPS) is 12.7. The summed E-state index contributed by atoms with van der Waals surface area (Å²) in [5.41, 5.74) is -0.619. The Hall–Kier alpha value is -1.46. The monoisotopic (exact) mass is 319 g/mol. The molecule has 0 radical (unpaired) electrons. The van der Waals surface area contributed by atoms with Crippen LogP contribution in [0.1, 0.15) is 32.4 Å². The van der Waals surface area contributed by atoms with Crippen LogP contribution in [-0.2, 0) is 9.53 Å². The Labute approximate surface area is 126 Å². The van der Waals surface area contributed by atoms with Crippen LogP contribution in [-0.4, -0.2) is 22.8 Å². The molecule has 1 aromatic carbocycles. The SMILES string of the molecule is CC(C)(C)OC(=O)NC(C(=O)O)c1c(Cl)cccc1Cl. The Morgan fingerprint density at radius 1 is 1.25 bits per heavy atom. The molecular weight excluding hydrogens is 305 g/mol. The number of carboxylic acid groups (broad SMARTS) is 1. The van der Waals surface area contributed by atoms with E-state index in [0.717, 1.165) is 0 Å². The molecule has 1 amide bonds. The molecule has 0 aliphatic heterocycles. The molecule has 5 nitrogen and oxygen atoms in total. The predicted octanol–water partition coefficient (Wildman–Crippen LogP) is 3.64. The molecule has 1 unspecified atom stereocenters. The van der Waals surface area contributed by atoms with Gasteiger partial charge in [0, 0.05) is 15.6 Å². The largest absolute Gasteiger partial charge is 0.479 e. The van der Waals surface area contributed by atoms with E-state index in [9.17, 15) is 14.7 Å². The van der Waals surface area contributed by atoms with Gasteiger partial charge < -0.3 is 15.2 Å². The maximum atomic E-state index is 11.7. The van der Waals surface area contributed by atoms with Gasteiger partial charge in [0.2, 0.25) is 0 Å². The van der Waals surface area contributed by atoms with Crippen molar-refractivity contribution in [3.05, 3.63) is 33.8 Å². The molecule has 0 saturated carbocycles. The highest BCUT2D eigenvalue weighted by atomic mass is 35.5. The van der Waals surface area contributed by atoms with E-state index in [-0.39, 0.29) is 15.6 Å². The fourth-order valence-electron chi connectivity index (χ4n) is 1.47. The maximum absolute atomic E-state index is 11.7. The third kappa shape index (κ3) is 4.58. The first kappa shape index (κ1) is 16.6. The van der Waals surface area contributed by atoms with E-state index >= 15 is 0 Å². The van der Waals surface area contributed by atoms with Crippen LogP contribution in [0.4, 0.5) is 4.79 Å². The zero-order chi connectivity index (χ0) is 15.5. The second-order valence-corrected chi connectivity index (χ2v) is 5.87. The van der Waals surface area contributed by atoms with E-state index < -0.39 is 23.7 Å². The average Bonchev–Trinajstić information content (AvgIpc) is 2.24. The number of alkyl carbamates (subject to hydrolysis) is 1. The molecule has 0 fully saturated rings. The smallest absolute Gasteiger partial charge is 0.408 e. The Morgan fingerprint density at radius 3 is 2.15 bits per heavy atom. The lowest BCUT2D eigenvalue weighted by Crippen LogP contribution is -2.38. The molecular formula is C13H15Cl2NO4. The fourth-order valence-corrected chi connectivity index (χ4v) is 2.08. The van der Waals surface area contributed by atoms with Crippen LogP contribution < -0.4 is 5.32 Å². The summed E-state index contributed by atoms with van der Waals surface area (Å²) in [5, 5.41) is 11.8. The third-order valence-corrected chi connectivity index (χ3v) is 2.86. The number of aliphatic carboxylic acids is 1. The molecule has 0 aliphatic carbocycles. The number of carbonyl (C=O) groups excluding carboxylic acids is 1. The first-order chi connectivity index (χ1) is 9.11. The van der Waals surface area contributed by atoms with Gasteiger partial charge in [0.25, 0.3) is 0 Å². The molecule has 110 valence electrons. The summed E-state index contributed by atoms with van der Waals surface area (Å²) in [6.07, 6.45) is -0.860.